The standard InChI is InChI=1S/C16H16N.C14H14O3.C12H14NO.C12H10O2.C10H14O4.C9H13NO2.C6H6S2.2BrH/c1-4-12-17(13-5-2,14-6-3)15-16-10-8-7-9-11-16;1-4-10-16-14(17-11-5-2)12-6-8-13(15-3)9-7-12;1-5-8-13(9-6-2,10-7-3)11-12(4)14;1-3-9-13-11-5-7-12(8-6-11)14-10-4-2;1-3-5-13-7-9(11)10(12)8-14-6-4-2;1-3-5-10(6-4-2)7-9(12)8-11;1-3-5-7-8-6-4-2;;/h1-3,7-11H,12-15H2;1-2,6-9,14H,10-11H2,3H3;1-3H,8-11H2,4H3;1-2,5-8H,9-10H2;1-2,9-12H,5-8H2;1-2,9,11-12H,5-8H2;1-2H,5-6H2;2*1H/q+1;;+1;;;;;;/p-2. The van der Waals surface area contributed by atoms with Crippen molar-refractivity contribution in [2.45, 2.75) is 38.1 Å². The quantitative estimate of drug-likeness (QED) is 0.0195. The zero-order valence-corrected chi connectivity index (χ0v) is 60.4. The minimum Gasteiger partial charge on any atom is -1.00 e. The Morgan fingerprint density at radius 1 is 0.480 bits per heavy atom. The van der Waals surface area contributed by atoms with Gasteiger partial charge in [-0.05, 0) is 71.9 Å². The second-order valence-corrected chi connectivity index (χ2v) is 21.3. The largest absolute Gasteiger partial charge is 1.00 e. The van der Waals surface area contributed by atoms with Gasteiger partial charge in [0.15, 0.2) is 12.1 Å². The van der Waals surface area contributed by atoms with Gasteiger partial charge in [0.2, 0.25) is 0 Å². The zero-order chi connectivity index (χ0) is 72.8. The molecule has 516 valence electrons. The Morgan fingerprint density at radius 3 is 1.16 bits per heavy atom. The molecule has 3 unspecified atom stereocenters. The van der Waals surface area contributed by atoms with E-state index in [4.69, 9.17) is 146 Å². The maximum Gasteiger partial charge on any atom is 0.186 e. The highest BCUT2D eigenvalue weighted by atomic mass is 79.9. The number of aliphatic hydroxyl groups excluding tert-OH is 4. The average molecular weight is 1490 g/mol. The van der Waals surface area contributed by atoms with Crippen molar-refractivity contribution in [3.63, 3.8) is 0 Å². The molecule has 0 spiro atoms. The summed E-state index contributed by atoms with van der Waals surface area (Å²) in [6, 6.07) is 24.6. The van der Waals surface area contributed by atoms with Gasteiger partial charge in [0.25, 0.3) is 0 Å². The number of hydrogen-bond donors (Lipinski definition) is 4. The van der Waals surface area contributed by atoms with Crippen molar-refractivity contribution in [3.05, 3.63) is 90.0 Å². The molecule has 0 bridgehead atoms. The predicted octanol–water partition coefficient (Wildman–Crippen LogP) is -0.543. The first-order chi connectivity index (χ1) is 46.4. The van der Waals surface area contributed by atoms with Gasteiger partial charge in [0.05, 0.1) is 57.6 Å². The average Bonchev–Trinajstić information content (AvgIpc) is 0.913. The molecule has 0 fully saturated rings. The van der Waals surface area contributed by atoms with Crippen LogP contribution in [-0.4, -0.2) is 202 Å². The molecule has 0 aliphatic heterocycles. The first kappa shape index (κ1) is 100.0. The maximum absolute atomic E-state index is 11.1. The molecule has 0 aliphatic carbocycles. The molecular weight excluding hydrogens is 1410 g/mol. The van der Waals surface area contributed by atoms with Gasteiger partial charge in [-0.25, -0.2) is 0 Å². The van der Waals surface area contributed by atoms with Crippen LogP contribution in [0.15, 0.2) is 78.9 Å². The summed E-state index contributed by atoms with van der Waals surface area (Å²) in [5.41, 5.74) is 2.05. The van der Waals surface area contributed by atoms with Crippen LogP contribution in [0.5, 0.6) is 17.2 Å². The van der Waals surface area contributed by atoms with E-state index in [1.54, 1.807) is 57.9 Å². The summed E-state index contributed by atoms with van der Waals surface area (Å²) in [6.45, 7) is 7.32. The first-order valence-electron chi connectivity index (χ1n) is 28.6. The number of nitrogens with zero attached hydrogens (tertiary/aromatic N) is 3. The molecule has 0 aromatic heterocycles. The number of benzene rings is 3. The summed E-state index contributed by atoms with van der Waals surface area (Å²) >= 11 is 0. The van der Waals surface area contributed by atoms with E-state index >= 15 is 0 Å². The van der Waals surface area contributed by atoms with E-state index in [0.29, 0.717) is 74.4 Å². The van der Waals surface area contributed by atoms with E-state index in [0.717, 1.165) is 40.9 Å². The Labute approximate surface area is 615 Å². The van der Waals surface area contributed by atoms with Crippen LogP contribution in [-0.2, 0) is 30.3 Å². The highest BCUT2D eigenvalue weighted by Gasteiger charge is 2.27. The number of ketones is 1. The normalized spacial score (nSPS) is 10.0. The molecular formula is C79H87Br2N3O12S2. The Balaban J connectivity index is -0.000000253. The summed E-state index contributed by atoms with van der Waals surface area (Å²) in [4.78, 5) is 12.8. The van der Waals surface area contributed by atoms with E-state index in [1.807, 2.05) is 42.5 Å². The van der Waals surface area contributed by atoms with Gasteiger partial charge >= 0.3 is 0 Å². The van der Waals surface area contributed by atoms with Crippen LogP contribution in [0, 0.1) is 198 Å². The summed E-state index contributed by atoms with van der Waals surface area (Å²) in [7, 11) is 4.84. The van der Waals surface area contributed by atoms with Gasteiger partial charge in [0, 0.05) is 24.6 Å². The van der Waals surface area contributed by atoms with Crippen molar-refractivity contribution < 1.29 is 101 Å². The van der Waals surface area contributed by atoms with E-state index in [-0.39, 0.29) is 99.2 Å². The van der Waals surface area contributed by atoms with Gasteiger partial charge in [0.1, 0.15) is 121 Å². The van der Waals surface area contributed by atoms with E-state index < -0.39 is 24.6 Å². The second kappa shape index (κ2) is 72.2. The lowest BCUT2D eigenvalue weighted by Gasteiger charge is -2.33. The first-order valence-corrected chi connectivity index (χ1v) is 31.1. The summed E-state index contributed by atoms with van der Waals surface area (Å²) < 4.78 is 36.7. The smallest absolute Gasteiger partial charge is 0.186 e. The molecule has 19 heteroatoms. The van der Waals surface area contributed by atoms with Crippen molar-refractivity contribution in [3.8, 4) is 215 Å². The van der Waals surface area contributed by atoms with Crippen LogP contribution in [0.3, 0.4) is 0 Å². The van der Waals surface area contributed by atoms with E-state index in [2.05, 4.69) is 107 Å². The van der Waals surface area contributed by atoms with E-state index in [9.17, 15) is 15.0 Å². The topological polar surface area (TPSA) is 166 Å². The number of quaternary nitrogens is 2. The highest BCUT2D eigenvalue weighted by molar-refractivity contribution is 8.76. The molecule has 3 aromatic rings. The molecule has 0 heterocycles. The Bertz CT molecular complexity index is 3120. The second-order valence-electron chi connectivity index (χ2n) is 18.9. The lowest BCUT2D eigenvalue weighted by Crippen LogP contribution is -3.00. The molecule has 0 saturated carbocycles. The van der Waals surface area contributed by atoms with Crippen LogP contribution < -0.4 is 48.2 Å². The minimum absolute atomic E-state index is 0. The number of Topliss-reactive ketones (excluding diaryl/α,β-unsaturated/α-hetero) is 1. The SMILES string of the molecule is C#CCN(CC#C)CC(O)CO.C#CCOC(OCC#C)c1ccc(OC)cc1.C#CCOCC(O)C(O)COCC#C.C#CCOc1ccc(OCC#C)cc1.C#CCSSCC#C.C#CC[N+](CC#C)(CC#C)CC(C)=O.C#CC[N+](CC#C)(CC#C)Cc1ccccc1.[Br-].[Br-]. The van der Waals surface area contributed by atoms with Crippen molar-refractivity contribution in [2.75, 3.05) is 144 Å². The molecule has 0 aliphatic rings. The van der Waals surface area contributed by atoms with Crippen molar-refractivity contribution in [1.29, 1.82) is 0 Å². The number of halogens is 2. The molecule has 3 aromatic carbocycles. The molecule has 3 atom stereocenters. The highest BCUT2D eigenvalue weighted by Crippen LogP contribution is 2.22. The number of rotatable bonds is 35. The van der Waals surface area contributed by atoms with Crippen LogP contribution in [0.1, 0.15) is 24.3 Å². The van der Waals surface area contributed by atoms with Gasteiger partial charge in [-0.2, -0.15) is 0 Å². The van der Waals surface area contributed by atoms with Crippen molar-refractivity contribution >= 4 is 27.4 Å². The van der Waals surface area contributed by atoms with Crippen LogP contribution >= 0.6 is 21.6 Å². The van der Waals surface area contributed by atoms with Crippen LogP contribution in [0.2, 0.25) is 0 Å². The van der Waals surface area contributed by atoms with Crippen LogP contribution in [0.4, 0.5) is 0 Å². The van der Waals surface area contributed by atoms with Gasteiger partial charge in [-0.15, -0.1) is 103 Å². The number of methoxy groups -OCH3 is 1. The Morgan fingerprint density at radius 2 is 0.847 bits per heavy atom. The van der Waals surface area contributed by atoms with Crippen LogP contribution in [0.25, 0.3) is 0 Å². The monoisotopic (exact) mass is 1490 g/mol. The predicted molar refractivity (Wildman–Crippen MR) is 390 cm³/mol. The summed E-state index contributed by atoms with van der Waals surface area (Å²) in [5, 5.41) is 36.1. The molecule has 15 nitrogen and oxygen atoms in total. The van der Waals surface area contributed by atoms with Gasteiger partial charge in [-0.3, -0.25) is 18.7 Å². The number of carbonyl (C=O) groups is 1. The fourth-order valence-corrected chi connectivity index (χ4v) is 8.27. The Hall–Kier alpha value is -9.09. The summed E-state index contributed by atoms with van der Waals surface area (Å²) in [6.07, 6.45) is 79.0. The maximum atomic E-state index is 11.1. The zero-order valence-electron chi connectivity index (χ0n) is 55.6. The molecule has 0 radical (unpaired) electrons. The molecule has 0 saturated heterocycles. The molecule has 0 amide bonds. The third-order valence-corrected chi connectivity index (χ3v) is 13.0. The number of hydrogen-bond acceptors (Lipinski definition) is 15. The number of ether oxygens (including phenoxy) is 7. The number of terminal acetylenes is 16. The third-order valence-electron chi connectivity index (χ3n) is 11.0. The fourth-order valence-electron chi connectivity index (χ4n) is 7.06. The number of carbonyl (C=O) groups excluding carboxylic acids is 1. The van der Waals surface area contributed by atoms with Crippen molar-refractivity contribution in [1.82, 2.24) is 4.90 Å². The Kier molecular flexibility index (Phi) is 73.6. The van der Waals surface area contributed by atoms with Crippen molar-refractivity contribution in [2.24, 2.45) is 0 Å². The van der Waals surface area contributed by atoms with E-state index in [1.165, 1.54) is 12.5 Å². The lowest BCUT2D eigenvalue weighted by molar-refractivity contribution is -0.921. The summed E-state index contributed by atoms with van der Waals surface area (Å²) in [5.74, 6) is 43.2. The molecule has 98 heavy (non-hydrogen) atoms. The third kappa shape index (κ3) is 57.2. The minimum atomic E-state index is -1.01. The lowest BCUT2D eigenvalue weighted by atomic mass is 10.1. The van der Waals surface area contributed by atoms with Gasteiger partial charge < -0.3 is 87.5 Å². The molecule has 4 N–H and O–H groups in total. The van der Waals surface area contributed by atoms with Gasteiger partial charge in [-0.1, -0.05) is 123 Å². The molecule has 3 rings (SSSR count). The number of aliphatic hydroxyl groups is 4. The fraction of sp³-hybridized carbons (Fsp3) is 0.354.